The molecule has 52 heavy (non-hydrogen) atoms. The summed E-state index contributed by atoms with van der Waals surface area (Å²) in [6.45, 7) is 6.10. The van der Waals surface area contributed by atoms with Crippen LogP contribution in [0.25, 0.3) is 0 Å². The fourth-order valence-electron chi connectivity index (χ4n) is 6.83. The first-order valence-electron chi connectivity index (χ1n) is 18.9. The minimum absolute atomic E-state index is 0.0249. The average Bonchev–Trinajstić information content (AvgIpc) is 3.59. The van der Waals surface area contributed by atoms with Crippen molar-refractivity contribution in [3.05, 3.63) is 0 Å². The molecule has 0 unspecified atom stereocenters. The van der Waals surface area contributed by atoms with Crippen LogP contribution in [0.4, 0.5) is 0 Å². The van der Waals surface area contributed by atoms with Gasteiger partial charge in [0.25, 0.3) is 0 Å². The van der Waals surface area contributed by atoms with Crippen molar-refractivity contribution in [1.29, 1.82) is 0 Å². The normalized spacial score (nSPS) is 19.1. The first kappa shape index (κ1) is 44.2. The molecule has 2 rings (SSSR count). The smallest absolute Gasteiger partial charge is 0.326 e. The van der Waals surface area contributed by atoms with E-state index in [1.807, 2.05) is 13.8 Å². The maximum Gasteiger partial charge on any atom is 0.326 e. The summed E-state index contributed by atoms with van der Waals surface area (Å²) in [7, 11) is 0. The number of rotatable bonds is 22. The number of guanidine groups is 1. The minimum Gasteiger partial charge on any atom is -0.480 e. The lowest BCUT2D eigenvalue weighted by atomic mass is 9.85. The Labute approximate surface area is 307 Å². The number of likely N-dealkylation sites (tertiary alicyclic amines) is 1. The van der Waals surface area contributed by atoms with Crippen molar-refractivity contribution in [3.8, 4) is 0 Å². The van der Waals surface area contributed by atoms with Crippen molar-refractivity contribution in [3.63, 3.8) is 0 Å². The molecular formula is C35H64N10O7. The second-order valence-electron chi connectivity index (χ2n) is 14.7. The van der Waals surface area contributed by atoms with Crippen LogP contribution >= 0.6 is 0 Å². The molecule has 0 aromatic rings. The first-order chi connectivity index (χ1) is 24.6. The van der Waals surface area contributed by atoms with Gasteiger partial charge in [-0.05, 0) is 83.1 Å². The van der Waals surface area contributed by atoms with E-state index in [4.69, 9.17) is 22.9 Å². The second-order valence-corrected chi connectivity index (χ2v) is 14.7. The van der Waals surface area contributed by atoms with Gasteiger partial charge in [0.05, 0.1) is 6.04 Å². The van der Waals surface area contributed by atoms with E-state index in [9.17, 15) is 33.9 Å². The van der Waals surface area contributed by atoms with Crippen molar-refractivity contribution in [2.75, 3.05) is 19.6 Å². The molecule has 0 bridgehead atoms. The molecule has 6 atom stereocenters. The molecule has 1 aliphatic heterocycles. The highest BCUT2D eigenvalue weighted by Gasteiger charge is 2.39. The molecule has 1 saturated heterocycles. The van der Waals surface area contributed by atoms with Gasteiger partial charge in [-0.2, -0.15) is 0 Å². The van der Waals surface area contributed by atoms with Crippen LogP contribution in [0.15, 0.2) is 4.99 Å². The molecule has 5 amide bonds. The fraction of sp³-hybridized carbons (Fsp3) is 0.800. The first-order valence-corrected chi connectivity index (χ1v) is 18.9. The fourth-order valence-corrected chi connectivity index (χ4v) is 6.83. The summed E-state index contributed by atoms with van der Waals surface area (Å²) in [6, 6.07) is -5.86. The molecular weight excluding hydrogens is 672 g/mol. The largest absolute Gasteiger partial charge is 0.480 e. The van der Waals surface area contributed by atoms with Crippen LogP contribution in [-0.2, 0) is 28.8 Å². The molecule has 2 fully saturated rings. The minimum atomic E-state index is -1.25. The lowest BCUT2D eigenvalue weighted by Gasteiger charge is -2.31. The Morgan fingerprint density at radius 3 is 2.06 bits per heavy atom. The van der Waals surface area contributed by atoms with E-state index in [0.717, 1.165) is 25.7 Å². The SMILES string of the molecule is CC(C)C[C@H](NC(=O)[C@@H]1CCCN1C(=O)[C@H](CCCCN)NC(=O)[C@@H](N)CC1CCCCC1)C(=O)N[C@@H](C)C(=O)N[C@@H](CCCN=C(N)N)C(=O)O. The van der Waals surface area contributed by atoms with Gasteiger partial charge >= 0.3 is 5.97 Å². The summed E-state index contributed by atoms with van der Waals surface area (Å²) in [5, 5.41) is 20.2. The molecule has 1 saturated carbocycles. The lowest BCUT2D eigenvalue weighted by molar-refractivity contribution is -0.143. The zero-order chi connectivity index (χ0) is 38.8. The van der Waals surface area contributed by atoms with E-state index >= 15 is 0 Å². The summed E-state index contributed by atoms with van der Waals surface area (Å²) >= 11 is 0. The van der Waals surface area contributed by atoms with Crippen LogP contribution in [0.3, 0.4) is 0 Å². The third-order valence-corrected chi connectivity index (χ3v) is 9.70. The number of hydrogen-bond donors (Lipinski definition) is 9. The molecule has 2 aliphatic rings. The zero-order valence-corrected chi connectivity index (χ0v) is 31.2. The Morgan fingerprint density at radius 1 is 0.788 bits per heavy atom. The number of nitrogens with one attached hydrogen (secondary N) is 4. The topological polar surface area (TPSA) is 290 Å². The van der Waals surface area contributed by atoms with Gasteiger partial charge in [0.1, 0.15) is 30.2 Å². The molecule has 296 valence electrons. The Hall–Kier alpha value is -3.99. The number of unbranched alkanes of at least 4 members (excludes halogenated alkanes) is 1. The van der Waals surface area contributed by atoms with Gasteiger partial charge < -0.3 is 54.2 Å². The van der Waals surface area contributed by atoms with Gasteiger partial charge in [0.2, 0.25) is 29.5 Å². The maximum atomic E-state index is 13.9. The van der Waals surface area contributed by atoms with Gasteiger partial charge in [-0.25, -0.2) is 4.79 Å². The van der Waals surface area contributed by atoms with Crippen molar-refractivity contribution in [2.45, 2.75) is 147 Å². The quantitative estimate of drug-likeness (QED) is 0.0390. The molecule has 1 aliphatic carbocycles. The Balaban J connectivity index is 2.08. The highest BCUT2D eigenvalue weighted by molar-refractivity contribution is 5.96. The monoisotopic (exact) mass is 736 g/mol. The van der Waals surface area contributed by atoms with Crippen molar-refractivity contribution in [2.24, 2.45) is 39.8 Å². The molecule has 0 aromatic heterocycles. The zero-order valence-electron chi connectivity index (χ0n) is 31.2. The van der Waals surface area contributed by atoms with Gasteiger partial charge in [-0.15, -0.1) is 0 Å². The van der Waals surface area contributed by atoms with Crippen LogP contribution in [0, 0.1) is 11.8 Å². The lowest BCUT2D eigenvalue weighted by Crippen LogP contribution is -2.58. The van der Waals surface area contributed by atoms with Crippen LogP contribution in [0.2, 0.25) is 0 Å². The number of carbonyl (C=O) groups is 6. The van der Waals surface area contributed by atoms with Gasteiger partial charge in [-0.3, -0.25) is 29.0 Å². The van der Waals surface area contributed by atoms with Gasteiger partial charge in [0.15, 0.2) is 5.96 Å². The molecule has 17 heteroatoms. The van der Waals surface area contributed by atoms with Crippen molar-refractivity contribution < 1.29 is 33.9 Å². The number of nitrogens with zero attached hydrogens (tertiary/aromatic N) is 2. The van der Waals surface area contributed by atoms with Crippen LogP contribution < -0.4 is 44.2 Å². The molecule has 0 spiro atoms. The van der Waals surface area contributed by atoms with Gasteiger partial charge in [-0.1, -0.05) is 46.0 Å². The van der Waals surface area contributed by atoms with Gasteiger partial charge in [0, 0.05) is 13.1 Å². The van der Waals surface area contributed by atoms with Crippen LogP contribution in [0.1, 0.15) is 111 Å². The standard InChI is InChI=1S/C35H64N10O7/c1-21(2)19-27(31(48)41-22(3)29(46)43-26(34(51)52)14-9-17-40-35(38)39)44-32(49)28-15-10-18-45(28)33(50)25(13-7-8-16-36)42-30(47)24(37)20-23-11-5-4-6-12-23/h21-28H,4-20,36-37H2,1-3H3,(H,41,48)(H,42,47)(H,43,46)(H,44,49)(H,51,52)(H4,38,39,40)/t22-,24-,25-,26-,27-,28-/m0/s1. The van der Waals surface area contributed by atoms with E-state index in [1.165, 1.54) is 18.2 Å². The van der Waals surface area contributed by atoms with E-state index in [-0.39, 0.29) is 43.1 Å². The highest BCUT2D eigenvalue weighted by Crippen LogP contribution is 2.27. The second kappa shape index (κ2) is 22.8. The van der Waals surface area contributed by atoms with Crippen LogP contribution in [-0.4, -0.2) is 107 Å². The summed E-state index contributed by atoms with van der Waals surface area (Å²) in [4.78, 5) is 84.2. The molecule has 0 radical (unpaired) electrons. The number of aliphatic carboxylic acids is 1. The highest BCUT2D eigenvalue weighted by atomic mass is 16.4. The maximum absolute atomic E-state index is 13.9. The number of aliphatic imine (C=N–C) groups is 1. The molecule has 0 aromatic carbocycles. The predicted molar refractivity (Wildman–Crippen MR) is 197 cm³/mol. The number of amides is 5. The van der Waals surface area contributed by atoms with E-state index < -0.39 is 59.9 Å². The Kier molecular flexibility index (Phi) is 19.4. The third kappa shape index (κ3) is 15.3. The van der Waals surface area contributed by atoms with E-state index in [2.05, 4.69) is 26.3 Å². The molecule has 13 N–H and O–H groups in total. The molecule has 1 heterocycles. The van der Waals surface area contributed by atoms with E-state index in [1.54, 1.807) is 0 Å². The Morgan fingerprint density at radius 2 is 1.44 bits per heavy atom. The number of carboxylic acid groups (broad SMARTS) is 1. The predicted octanol–water partition coefficient (Wildman–Crippen LogP) is -0.452. The summed E-state index contributed by atoms with van der Waals surface area (Å²) < 4.78 is 0. The summed E-state index contributed by atoms with van der Waals surface area (Å²) in [6.07, 6.45) is 9.24. The summed E-state index contributed by atoms with van der Waals surface area (Å²) in [5.41, 5.74) is 22.6. The van der Waals surface area contributed by atoms with E-state index in [0.29, 0.717) is 64.0 Å². The average molecular weight is 737 g/mol. The van der Waals surface area contributed by atoms with Crippen molar-refractivity contribution in [1.82, 2.24) is 26.2 Å². The number of nitrogens with two attached hydrogens (primary N) is 4. The number of carbonyl (C=O) groups excluding carboxylic acids is 5. The number of carboxylic acids is 1. The number of hydrogen-bond acceptors (Lipinski definition) is 9. The third-order valence-electron chi connectivity index (χ3n) is 9.70. The van der Waals surface area contributed by atoms with Crippen molar-refractivity contribution >= 4 is 41.5 Å². The summed E-state index contributed by atoms with van der Waals surface area (Å²) in [5.74, 6) is -3.64. The Bertz CT molecular complexity index is 1220. The molecule has 17 nitrogen and oxygen atoms in total. The van der Waals surface area contributed by atoms with Crippen LogP contribution in [0.5, 0.6) is 0 Å².